The van der Waals surface area contributed by atoms with Gasteiger partial charge in [0.05, 0.1) is 4.90 Å². The minimum Gasteiger partial charge on any atom is -0.441 e. The third kappa shape index (κ3) is 3.68. The summed E-state index contributed by atoms with van der Waals surface area (Å²) < 4.78 is 33.2. The number of fused-ring (bicyclic) bond motifs is 1. The van der Waals surface area contributed by atoms with Gasteiger partial charge in [0, 0.05) is 18.2 Å². The molecule has 0 aliphatic heterocycles. The van der Waals surface area contributed by atoms with Crippen molar-refractivity contribution >= 4 is 26.9 Å². The predicted octanol–water partition coefficient (Wildman–Crippen LogP) is 3.82. The first kappa shape index (κ1) is 17.5. The van der Waals surface area contributed by atoms with Crippen molar-refractivity contribution < 1.29 is 12.8 Å². The molecule has 2 heterocycles. The van der Waals surface area contributed by atoms with Crippen LogP contribution in [-0.4, -0.2) is 23.6 Å². The largest absolute Gasteiger partial charge is 0.441 e. The van der Waals surface area contributed by atoms with Gasteiger partial charge in [0.25, 0.3) is 10.0 Å². The van der Waals surface area contributed by atoms with Gasteiger partial charge < -0.3 is 4.42 Å². The van der Waals surface area contributed by atoms with Gasteiger partial charge in [0.15, 0.2) is 17.3 Å². The van der Waals surface area contributed by atoms with Gasteiger partial charge in [-0.2, -0.15) is 5.10 Å². The van der Waals surface area contributed by atoms with Gasteiger partial charge in [-0.1, -0.05) is 27.2 Å². The fourth-order valence-electron chi connectivity index (χ4n) is 2.70. The summed E-state index contributed by atoms with van der Waals surface area (Å²) in [5.74, 6) is 1.17. The zero-order valence-corrected chi connectivity index (χ0v) is 15.4. The van der Waals surface area contributed by atoms with Gasteiger partial charge in [-0.25, -0.2) is 13.4 Å². The number of hydrogen-bond acceptors (Lipinski definition) is 5. The number of hydrogen-bond donors (Lipinski definition) is 2. The third-order valence-electron chi connectivity index (χ3n) is 4.11. The fourth-order valence-corrected chi connectivity index (χ4v) is 3.71. The van der Waals surface area contributed by atoms with Crippen molar-refractivity contribution in [3.63, 3.8) is 0 Å². The number of oxazole rings is 1. The second kappa shape index (κ2) is 6.87. The molecule has 3 aromatic rings. The first-order valence-electron chi connectivity index (χ1n) is 8.40. The minimum atomic E-state index is -3.74. The van der Waals surface area contributed by atoms with Crippen molar-refractivity contribution in [3.8, 4) is 0 Å². The van der Waals surface area contributed by atoms with Crippen LogP contribution in [0.15, 0.2) is 33.6 Å². The van der Waals surface area contributed by atoms with E-state index in [0.29, 0.717) is 29.3 Å². The van der Waals surface area contributed by atoms with Gasteiger partial charge >= 0.3 is 0 Å². The van der Waals surface area contributed by atoms with Crippen LogP contribution in [0.4, 0.5) is 5.82 Å². The number of H-pyrrole nitrogens is 1. The Hall–Kier alpha value is -2.35. The summed E-state index contributed by atoms with van der Waals surface area (Å²) in [6.45, 7) is 6.12. The molecule has 2 aromatic heterocycles. The molecule has 0 spiro atoms. The molecule has 25 heavy (non-hydrogen) atoms. The van der Waals surface area contributed by atoms with Crippen molar-refractivity contribution in [1.82, 2.24) is 15.2 Å². The molecule has 134 valence electrons. The van der Waals surface area contributed by atoms with Crippen LogP contribution in [0.2, 0.25) is 0 Å². The highest BCUT2D eigenvalue weighted by atomic mass is 32.2. The van der Waals surface area contributed by atoms with E-state index in [4.69, 9.17) is 4.42 Å². The van der Waals surface area contributed by atoms with Crippen molar-refractivity contribution in [3.05, 3.63) is 35.9 Å². The van der Waals surface area contributed by atoms with Crippen LogP contribution in [0.1, 0.15) is 51.1 Å². The summed E-state index contributed by atoms with van der Waals surface area (Å²) >= 11 is 0. The second-order valence-electron chi connectivity index (χ2n) is 6.09. The maximum absolute atomic E-state index is 12.6. The average molecular weight is 362 g/mol. The minimum absolute atomic E-state index is 0.127. The summed E-state index contributed by atoms with van der Waals surface area (Å²) in [4.78, 5) is 4.41. The second-order valence-corrected chi connectivity index (χ2v) is 7.78. The predicted molar refractivity (Wildman–Crippen MR) is 96.1 cm³/mol. The smallest absolute Gasteiger partial charge is 0.263 e. The van der Waals surface area contributed by atoms with E-state index in [9.17, 15) is 8.42 Å². The Balaban J connectivity index is 1.84. The van der Waals surface area contributed by atoms with Crippen molar-refractivity contribution in [2.45, 2.75) is 50.8 Å². The Labute approximate surface area is 146 Å². The van der Waals surface area contributed by atoms with Crippen LogP contribution >= 0.6 is 0 Å². The monoisotopic (exact) mass is 362 g/mol. The Bertz CT molecular complexity index is 975. The number of benzene rings is 1. The van der Waals surface area contributed by atoms with Gasteiger partial charge in [0.1, 0.15) is 5.52 Å². The number of anilines is 1. The number of aromatic nitrogens is 3. The molecule has 0 bridgehead atoms. The van der Waals surface area contributed by atoms with Gasteiger partial charge in [-0.3, -0.25) is 9.82 Å². The highest BCUT2D eigenvalue weighted by molar-refractivity contribution is 7.92. The van der Waals surface area contributed by atoms with Crippen LogP contribution in [0.5, 0.6) is 0 Å². The van der Waals surface area contributed by atoms with E-state index in [1.165, 1.54) is 12.1 Å². The van der Waals surface area contributed by atoms with Crippen LogP contribution in [0.3, 0.4) is 0 Å². The van der Waals surface area contributed by atoms with E-state index >= 15 is 0 Å². The van der Waals surface area contributed by atoms with Crippen molar-refractivity contribution in [2.75, 3.05) is 4.72 Å². The Kier molecular flexibility index (Phi) is 4.80. The molecule has 0 saturated heterocycles. The standard InChI is InChI=1S/C17H22N4O3S/c1-4-6-11(3)13-10-16(20-19-13)21-25(22,23)12-7-8-15-14(9-12)18-17(5-2)24-15/h7-11H,4-6H2,1-3H3,(H2,19,20,21). The number of nitrogens with one attached hydrogen (secondary N) is 2. The molecule has 8 heteroatoms. The molecule has 0 aliphatic carbocycles. The number of nitrogens with zero attached hydrogens (tertiary/aromatic N) is 2. The third-order valence-corrected chi connectivity index (χ3v) is 5.46. The molecule has 1 aromatic carbocycles. The summed E-state index contributed by atoms with van der Waals surface area (Å²) in [5.41, 5.74) is 2.02. The molecule has 1 atom stereocenters. The first-order valence-corrected chi connectivity index (χ1v) is 9.88. The molecule has 0 saturated carbocycles. The molecule has 3 rings (SSSR count). The molecule has 0 amide bonds. The van der Waals surface area contributed by atoms with Gasteiger partial charge in [-0.15, -0.1) is 0 Å². The van der Waals surface area contributed by atoms with Crippen LogP contribution < -0.4 is 4.72 Å². The lowest BCUT2D eigenvalue weighted by Gasteiger charge is -2.06. The molecular formula is C17H22N4O3S. The van der Waals surface area contributed by atoms with E-state index < -0.39 is 10.0 Å². The van der Waals surface area contributed by atoms with Crippen molar-refractivity contribution in [1.29, 1.82) is 0 Å². The van der Waals surface area contributed by atoms with E-state index in [1.807, 2.05) is 6.92 Å². The van der Waals surface area contributed by atoms with E-state index in [0.717, 1.165) is 18.5 Å². The molecule has 1 unspecified atom stereocenters. The topological polar surface area (TPSA) is 101 Å². The van der Waals surface area contributed by atoms with E-state index in [2.05, 4.69) is 33.8 Å². The zero-order chi connectivity index (χ0) is 18.0. The SMILES string of the molecule is CCCC(C)c1cc(NS(=O)(=O)c2ccc3oc(CC)nc3c2)n[nH]1. The average Bonchev–Trinajstić information content (AvgIpc) is 3.20. The number of rotatable bonds is 7. The summed E-state index contributed by atoms with van der Waals surface area (Å²) in [6, 6.07) is 6.37. The maximum Gasteiger partial charge on any atom is 0.263 e. The summed E-state index contributed by atoms with van der Waals surface area (Å²) in [5, 5.41) is 6.96. The zero-order valence-electron chi connectivity index (χ0n) is 14.5. The van der Waals surface area contributed by atoms with Gasteiger partial charge in [-0.05, 0) is 30.5 Å². The molecule has 0 fully saturated rings. The Morgan fingerprint density at radius 2 is 2.08 bits per heavy atom. The van der Waals surface area contributed by atoms with Crippen LogP contribution in [0.25, 0.3) is 11.1 Å². The summed E-state index contributed by atoms with van der Waals surface area (Å²) in [7, 11) is -3.74. The van der Waals surface area contributed by atoms with Gasteiger partial charge in [0.2, 0.25) is 0 Å². The lowest BCUT2D eigenvalue weighted by molar-refractivity contribution is 0.538. The normalized spacial score (nSPS) is 13.2. The molecule has 7 nitrogen and oxygen atoms in total. The Morgan fingerprint density at radius 3 is 2.80 bits per heavy atom. The van der Waals surface area contributed by atoms with Crippen LogP contribution in [-0.2, 0) is 16.4 Å². The highest BCUT2D eigenvalue weighted by Crippen LogP contribution is 2.24. The lowest BCUT2D eigenvalue weighted by atomic mass is 10.0. The van der Waals surface area contributed by atoms with E-state index in [1.54, 1.807) is 12.1 Å². The maximum atomic E-state index is 12.6. The lowest BCUT2D eigenvalue weighted by Crippen LogP contribution is -2.13. The molecular weight excluding hydrogens is 340 g/mol. The molecule has 0 radical (unpaired) electrons. The molecule has 0 aliphatic rings. The quantitative estimate of drug-likeness (QED) is 0.665. The molecule has 2 N–H and O–H groups in total. The summed E-state index contributed by atoms with van der Waals surface area (Å²) in [6.07, 6.45) is 2.72. The van der Waals surface area contributed by atoms with Crippen molar-refractivity contribution in [2.24, 2.45) is 0 Å². The number of sulfonamides is 1. The fraction of sp³-hybridized carbons (Fsp3) is 0.412. The first-order chi connectivity index (χ1) is 11.9. The van der Waals surface area contributed by atoms with E-state index in [-0.39, 0.29) is 10.7 Å². The number of aryl methyl sites for hydroxylation is 1. The Morgan fingerprint density at radius 1 is 1.28 bits per heavy atom. The highest BCUT2D eigenvalue weighted by Gasteiger charge is 2.18. The van der Waals surface area contributed by atoms with Crippen LogP contribution in [0, 0.1) is 0 Å². The number of aromatic amines is 1.